The number of rotatable bonds is 4. The van der Waals surface area contributed by atoms with E-state index >= 15 is 0 Å². The Morgan fingerprint density at radius 3 is 2.24 bits per heavy atom. The van der Waals surface area contributed by atoms with Crippen LogP contribution in [0.25, 0.3) is 0 Å². The molecule has 120 valence electrons. The van der Waals surface area contributed by atoms with Crippen molar-refractivity contribution in [2.45, 2.75) is 71.4 Å². The lowest BCUT2D eigenvalue weighted by molar-refractivity contribution is -0.138. The minimum Gasteiger partial charge on any atom is -0.481 e. The summed E-state index contributed by atoms with van der Waals surface area (Å²) in [5.74, 6) is -0.485. The van der Waals surface area contributed by atoms with Crippen molar-refractivity contribution in [2.24, 2.45) is 11.3 Å². The van der Waals surface area contributed by atoms with Gasteiger partial charge in [-0.25, -0.2) is 4.79 Å². The number of urea groups is 1. The van der Waals surface area contributed by atoms with Gasteiger partial charge < -0.3 is 15.3 Å². The van der Waals surface area contributed by atoms with Crippen molar-refractivity contribution < 1.29 is 14.7 Å². The van der Waals surface area contributed by atoms with Crippen LogP contribution in [-0.2, 0) is 4.79 Å². The van der Waals surface area contributed by atoms with E-state index in [1.54, 1.807) is 0 Å². The zero-order valence-corrected chi connectivity index (χ0v) is 13.4. The normalized spacial score (nSPS) is 28.5. The standard InChI is InChI=1S/C16H28N2O3/c1-16(2,3)6-7-17-15(21)18-12-4-5-13(18)9-11(8-12)10-14(19)20/h11-13H,4-10H2,1-3H3,(H,17,21)(H,19,20). The summed E-state index contributed by atoms with van der Waals surface area (Å²) in [6.07, 6.45) is 4.93. The Kier molecular flexibility index (Phi) is 4.79. The Bertz CT molecular complexity index is 389. The van der Waals surface area contributed by atoms with Crippen LogP contribution in [0.1, 0.15) is 59.3 Å². The first-order valence-corrected chi connectivity index (χ1v) is 8.04. The molecule has 2 heterocycles. The number of piperidine rings is 1. The molecule has 2 unspecified atom stereocenters. The van der Waals surface area contributed by atoms with E-state index < -0.39 is 5.97 Å². The van der Waals surface area contributed by atoms with E-state index in [4.69, 9.17) is 5.11 Å². The van der Waals surface area contributed by atoms with Crippen molar-refractivity contribution in [1.29, 1.82) is 0 Å². The smallest absolute Gasteiger partial charge is 0.317 e. The third-order valence-corrected chi connectivity index (χ3v) is 4.68. The van der Waals surface area contributed by atoms with E-state index in [1.807, 2.05) is 4.90 Å². The van der Waals surface area contributed by atoms with Crippen LogP contribution < -0.4 is 5.32 Å². The first-order chi connectivity index (χ1) is 9.76. The Balaban J connectivity index is 1.85. The van der Waals surface area contributed by atoms with Crippen molar-refractivity contribution in [3.05, 3.63) is 0 Å². The fourth-order valence-electron chi connectivity index (χ4n) is 3.67. The van der Waals surface area contributed by atoms with Crippen molar-refractivity contribution in [3.8, 4) is 0 Å². The number of amides is 2. The summed E-state index contributed by atoms with van der Waals surface area (Å²) < 4.78 is 0. The molecule has 2 aliphatic heterocycles. The van der Waals surface area contributed by atoms with Crippen LogP contribution in [0.3, 0.4) is 0 Å². The maximum absolute atomic E-state index is 12.4. The summed E-state index contributed by atoms with van der Waals surface area (Å²) in [7, 11) is 0. The van der Waals surface area contributed by atoms with Crippen LogP contribution in [-0.4, -0.2) is 40.6 Å². The second-order valence-electron chi connectivity index (χ2n) is 7.77. The van der Waals surface area contributed by atoms with Gasteiger partial charge in [-0.3, -0.25) is 4.79 Å². The highest BCUT2D eigenvalue weighted by molar-refractivity contribution is 5.75. The average molecular weight is 296 g/mol. The van der Waals surface area contributed by atoms with Crippen LogP contribution >= 0.6 is 0 Å². The molecular weight excluding hydrogens is 268 g/mol. The highest BCUT2D eigenvalue weighted by atomic mass is 16.4. The number of carbonyl (C=O) groups is 2. The molecule has 2 fully saturated rings. The summed E-state index contributed by atoms with van der Waals surface area (Å²) in [5, 5.41) is 12.0. The minimum atomic E-state index is -0.720. The van der Waals surface area contributed by atoms with Gasteiger partial charge in [0.2, 0.25) is 0 Å². The first-order valence-electron chi connectivity index (χ1n) is 8.04. The highest BCUT2D eigenvalue weighted by Gasteiger charge is 2.43. The average Bonchev–Trinajstić information content (AvgIpc) is 2.59. The summed E-state index contributed by atoms with van der Waals surface area (Å²) in [6, 6.07) is 0.519. The van der Waals surface area contributed by atoms with Gasteiger partial charge in [0.1, 0.15) is 0 Å². The summed E-state index contributed by atoms with van der Waals surface area (Å²) >= 11 is 0. The fraction of sp³-hybridized carbons (Fsp3) is 0.875. The van der Waals surface area contributed by atoms with E-state index in [0.717, 1.165) is 32.1 Å². The minimum absolute atomic E-state index is 0.0422. The predicted molar refractivity (Wildman–Crippen MR) is 81.1 cm³/mol. The van der Waals surface area contributed by atoms with E-state index in [2.05, 4.69) is 26.1 Å². The second kappa shape index (κ2) is 6.24. The largest absolute Gasteiger partial charge is 0.481 e. The number of hydrogen-bond acceptors (Lipinski definition) is 2. The van der Waals surface area contributed by atoms with Crippen LogP contribution in [0.5, 0.6) is 0 Å². The molecule has 0 radical (unpaired) electrons. The Morgan fingerprint density at radius 1 is 1.19 bits per heavy atom. The number of fused-ring (bicyclic) bond motifs is 2. The van der Waals surface area contributed by atoms with Gasteiger partial charge in [-0.15, -0.1) is 0 Å². The molecule has 5 heteroatoms. The maximum atomic E-state index is 12.4. The van der Waals surface area contributed by atoms with Crippen LogP contribution in [0, 0.1) is 11.3 Å². The molecule has 2 bridgehead atoms. The maximum Gasteiger partial charge on any atom is 0.317 e. The Hall–Kier alpha value is -1.26. The van der Waals surface area contributed by atoms with Gasteiger partial charge in [0.25, 0.3) is 0 Å². The van der Waals surface area contributed by atoms with Crippen molar-refractivity contribution in [2.75, 3.05) is 6.54 Å². The number of carboxylic acids is 1. The molecule has 2 saturated heterocycles. The molecule has 0 aromatic heterocycles. The van der Waals surface area contributed by atoms with Crippen LogP contribution in [0.15, 0.2) is 0 Å². The summed E-state index contributed by atoms with van der Waals surface area (Å²) in [4.78, 5) is 25.2. The molecule has 2 rings (SSSR count). The van der Waals surface area contributed by atoms with E-state index in [0.29, 0.717) is 6.54 Å². The van der Waals surface area contributed by atoms with Crippen molar-refractivity contribution in [1.82, 2.24) is 10.2 Å². The highest BCUT2D eigenvalue weighted by Crippen LogP contribution is 2.39. The first kappa shape index (κ1) is 16.1. The lowest BCUT2D eigenvalue weighted by atomic mass is 9.88. The Labute approximate surface area is 127 Å². The quantitative estimate of drug-likeness (QED) is 0.838. The van der Waals surface area contributed by atoms with Crippen LogP contribution in [0.4, 0.5) is 4.79 Å². The van der Waals surface area contributed by atoms with Gasteiger partial charge in [0.05, 0.1) is 0 Å². The number of carbonyl (C=O) groups excluding carboxylic acids is 1. The lowest BCUT2D eigenvalue weighted by Gasteiger charge is -2.38. The zero-order chi connectivity index (χ0) is 15.6. The Morgan fingerprint density at radius 2 is 1.76 bits per heavy atom. The molecular formula is C16H28N2O3. The molecule has 2 aliphatic rings. The third-order valence-electron chi connectivity index (χ3n) is 4.68. The number of nitrogens with zero attached hydrogens (tertiary/aromatic N) is 1. The summed E-state index contributed by atoms with van der Waals surface area (Å²) in [6.45, 7) is 7.21. The van der Waals surface area contributed by atoms with Gasteiger partial charge in [0, 0.05) is 25.0 Å². The topological polar surface area (TPSA) is 69.6 Å². The van der Waals surface area contributed by atoms with E-state index in [1.165, 1.54) is 0 Å². The fourth-order valence-corrected chi connectivity index (χ4v) is 3.67. The lowest BCUT2D eigenvalue weighted by Crippen LogP contribution is -2.51. The van der Waals surface area contributed by atoms with Gasteiger partial charge in [-0.1, -0.05) is 20.8 Å². The predicted octanol–water partition coefficient (Wildman–Crippen LogP) is 2.85. The monoisotopic (exact) mass is 296 g/mol. The number of nitrogens with one attached hydrogen (secondary N) is 1. The third kappa shape index (κ3) is 4.35. The second-order valence-corrected chi connectivity index (χ2v) is 7.77. The van der Waals surface area contributed by atoms with E-state index in [-0.39, 0.29) is 35.9 Å². The zero-order valence-electron chi connectivity index (χ0n) is 13.4. The number of hydrogen-bond donors (Lipinski definition) is 2. The molecule has 0 saturated carbocycles. The molecule has 0 spiro atoms. The van der Waals surface area contributed by atoms with Gasteiger partial charge in [0.15, 0.2) is 0 Å². The van der Waals surface area contributed by atoms with Crippen molar-refractivity contribution in [3.63, 3.8) is 0 Å². The molecule has 2 atom stereocenters. The molecule has 2 N–H and O–H groups in total. The van der Waals surface area contributed by atoms with Crippen molar-refractivity contribution >= 4 is 12.0 Å². The van der Waals surface area contributed by atoms with Gasteiger partial charge in [-0.05, 0) is 43.4 Å². The van der Waals surface area contributed by atoms with Gasteiger partial charge >= 0.3 is 12.0 Å². The molecule has 0 aromatic rings. The number of aliphatic carboxylic acids is 1. The molecule has 0 aliphatic carbocycles. The molecule has 21 heavy (non-hydrogen) atoms. The summed E-state index contributed by atoms with van der Waals surface area (Å²) in [5.41, 5.74) is 0.223. The molecule has 5 nitrogen and oxygen atoms in total. The molecule has 0 aromatic carbocycles. The SMILES string of the molecule is CC(C)(C)CCNC(=O)N1C2CCC1CC(CC(=O)O)C2. The number of carboxylic acid groups (broad SMARTS) is 1. The molecule has 2 amide bonds. The van der Waals surface area contributed by atoms with E-state index in [9.17, 15) is 9.59 Å². The van der Waals surface area contributed by atoms with Crippen LogP contribution in [0.2, 0.25) is 0 Å². The van der Waals surface area contributed by atoms with Gasteiger partial charge in [-0.2, -0.15) is 0 Å².